The van der Waals surface area contributed by atoms with Crippen molar-refractivity contribution in [2.75, 3.05) is 27.2 Å². The summed E-state index contributed by atoms with van der Waals surface area (Å²) in [6.07, 6.45) is 3.44. The molecule has 2 unspecified atom stereocenters. The molecule has 19 heavy (non-hydrogen) atoms. The van der Waals surface area contributed by atoms with Gasteiger partial charge in [-0.25, -0.2) is 0 Å². The molecular formula is C16H26N2O. The average Bonchev–Trinajstić information content (AvgIpc) is 2.82. The smallest absolute Gasteiger partial charge is 0.0791 e. The van der Waals surface area contributed by atoms with Crippen molar-refractivity contribution in [1.82, 2.24) is 10.2 Å². The van der Waals surface area contributed by atoms with Crippen molar-refractivity contribution in [3.05, 3.63) is 34.9 Å². The lowest BCUT2D eigenvalue weighted by Gasteiger charge is -2.20. The Morgan fingerprint density at radius 2 is 2.00 bits per heavy atom. The predicted octanol–water partition coefficient (Wildman–Crippen LogP) is 1.75. The molecule has 0 aromatic heterocycles. The molecule has 1 aliphatic rings. The van der Waals surface area contributed by atoms with E-state index in [0.29, 0.717) is 19.1 Å². The molecule has 0 heterocycles. The van der Waals surface area contributed by atoms with E-state index in [0.717, 1.165) is 0 Å². The second-order valence-electron chi connectivity index (χ2n) is 5.93. The van der Waals surface area contributed by atoms with Crippen LogP contribution < -0.4 is 5.32 Å². The number of likely N-dealkylation sites (N-methyl/N-ethyl adjacent to an activating group) is 1. The van der Waals surface area contributed by atoms with Crippen LogP contribution in [0.25, 0.3) is 0 Å². The molecule has 0 spiro atoms. The number of nitrogens with one attached hydrogen (secondary N) is 1. The number of aryl methyl sites for hydroxylation is 2. The number of fused-ring (bicyclic) bond motifs is 1. The minimum Gasteiger partial charge on any atom is -0.390 e. The van der Waals surface area contributed by atoms with Crippen molar-refractivity contribution in [2.24, 2.45) is 0 Å². The molecule has 0 saturated heterocycles. The summed E-state index contributed by atoms with van der Waals surface area (Å²) in [5.74, 6) is 0. The third-order valence-corrected chi connectivity index (χ3v) is 3.86. The van der Waals surface area contributed by atoms with Gasteiger partial charge in [0.1, 0.15) is 0 Å². The van der Waals surface area contributed by atoms with E-state index in [9.17, 15) is 5.11 Å². The first-order valence-corrected chi connectivity index (χ1v) is 7.24. The van der Waals surface area contributed by atoms with Gasteiger partial charge in [-0.05, 0) is 57.0 Å². The van der Waals surface area contributed by atoms with Crippen molar-refractivity contribution in [2.45, 2.75) is 38.3 Å². The molecule has 0 amide bonds. The van der Waals surface area contributed by atoms with Crippen LogP contribution in [-0.2, 0) is 12.8 Å². The summed E-state index contributed by atoms with van der Waals surface area (Å²) in [7, 11) is 3.96. The number of hydrogen-bond acceptors (Lipinski definition) is 3. The zero-order chi connectivity index (χ0) is 13.8. The Balaban J connectivity index is 1.87. The van der Waals surface area contributed by atoms with Crippen molar-refractivity contribution in [3.8, 4) is 0 Å². The lowest BCUT2D eigenvalue weighted by atomic mass is 10.0. The van der Waals surface area contributed by atoms with Crippen LogP contribution in [0.4, 0.5) is 0 Å². The fraction of sp³-hybridized carbons (Fsp3) is 0.625. The second kappa shape index (κ2) is 6.51. The zero-order valence-corrected chi connectivity index (χ0v) is 12.3. The minimum atomic E-state index is -0.313. The van der Waals surface area contributed by atoms with Gasteiger partial charge in [0, 0.05) is 19.1 Å². The SMILES string of the molecule is CC(NCC(O)CN(C)C)c1ccc2c(c1)CCC2. The number of benzene rings is 1. The molecule has 0 fully saturated rings. The van der Waals surface area contributed by atoms with Crippen LogP contribution in [0.1, 0.15) is 36.1 Å². The van der Waals surface area contributed by atoms with Gasteiger partial charge in [0.05, 0.1) is 6.10 Å². The average molecular weight is 262 g/mol. The van der Waals surface area contributed by atoms with Gasteiger partial charge < -0.3 is 15.3 Å². The topological polar surface area (TPSA) is 35.5 Å². The highest BCUT2D eigenvalue weighted by atomic mass is 16.3. The van der Waals surface area contributed by atoms with Gasteiger partial charge in [0.15, 0.2) is 0 Å². The summed E-state index contributed by atoms with van der Waals surface area (Å²) in [6.45, 7) is 3.50. The molecule has 106 valence electrons. The number of aliphatic hydroxyl groups is 1. The summed E-state index contributed by atoms with van der Waals surface area (Å²) in [4.78, 5) is 2.01. The minimum absolute atomic E-state index is 0.294. The summed E-state index contributed by atoms with van der Waals surface area (Å²) in [6, 6.07) is 7.12. The quantitative estimate of drug-likeness (QED) is 0.820. The number of nitrogens with zero attached hydrogens (tertiary/aromatic N) is 1. The van der Waals surface area contributed by atoms with Crippen molar-refractivity contribution in [1.29, 1.82) is 0 Å². The van der Waals surface area contributed by atoms with Crippen molar-refractivity contribution >= 4 is 0 Å². The Kier molecular flexibility index (Phi) is 4.97. The zero-order valence-electron chi connectivity index (χ0n) is 12.3. The first-order chi connectivity index (χ1) is 9.06. The van der Waals surface area contributed by atoms with Crippen LogP contribution in [0.5, 0.6) is 0 Å². The molecule has 0 bridgehead atoms. The van der Waals surface area contributed by atoms with E-state index in [4.69, 9.17) is 0 Å². The Bertz CT molecular complexity index is 417. The summed E-state index contributed by atoms with van der Waals surface area (Å²) in [5, 5.41) is 13.3. The normalized spacial score (nSPS) is 17.5. The molecule has 2 N–H and O–H groups in total. The lowest BCUT2D eigenvalue weighted by Crippen LogP contribution is -2.36. The standard InChI is InChI=1S/C16H26N2O/c1-12(17-10-16(19)11-18(2)3)14-8-7-13-5-4-6-15(13)9-14/h7-9,12,16-17,19H,4-6,10-11H2,1-3H3. The van der Waals surface area contributed by atoms with E-state index in [1.54, 1.807) is 0 Å². The molecule has 0 saturated carbocycles. The predicted molar refractivity (Wildman–Crippen MR) is 79.4 cm³/mol. The second-order valence-corrected chi connectivity index (χ2v) is 5.93. The third-order valence-electron chi connectivity index (χ3n) is 3.86. The molecule has 0 radical (unpaired) electrons. The Hall–Kier alpha value is -0.900. The molecule has 0 aliphatic heterocycles. The maximum atomic E-state index is 9.87. The van der Waals surface area contributed by atoms with E-state index >= 15 is 0 Å². The molecule has 3 heteroatoms. The molecule has 2 rings (SSSR count). The van der Waals surface area contributed by atoms with Gasteiger partial charge in [-0.15, -0.1) is 0 Å². The maximum absolute atomic E-state index is 9.87. The monoisotopic (exact) mass is 262 g/mol. The molecule has 1 aromatic rings. The van der Waals surface area contributed by atoms with Gasteiger partial charge in [-0.1, -0.05) is 18.2 Å². The molecule has 1 aliphatic carbocycles. The molecule has 3 nitrogen and oxygen atoms in total. The van der Waals surface area contributed by atoms with E-state index in [-0.39, 0.29) is 6.10 Å². The van der Waals surface area contributed by atoms with E-state index in [2.05, 4.69) is 30.4 Å². The van der Waals surface area contributed by atoms with Crippen molar-refractivity contribution < 1.29 is 5.11 Å². The molecule has 2 atom stereocenters. The highest BCUT2D eigenvalue weighted by molar-refractivity contribution is 5.36. The number of aliphatic hydroxyl groups excluding tert-OH is 1. The van der Waals surface area contributed by atoms with Gasteiger partial charge in [0.25, 0.3) is 0 Å². The van der Waals surface area contributed by atoms with Gasteiger partial charge in [-0.2, -0.15) is 0 Å². The number of rotatable bonds is 6. The fourth-order valence-electron chi connectivity index (χ4n) is 2.78. The Labute approximate surface area is 116 Å². The lowest BCUT2D eigenvalue weighted by molar-refractivity contribution is 0.132. The fourth-order valence-corrected chi connectivity index (χ4v) is 2.78. The van der Waals surface area contributed by atoms with Crippen LogP contribution in [-0.4, -0.2) is 43.3 Å². The van der Waals surface area contributed by atoms with Gasteiger partial charge >= 0.3 is 0 Å². The van der Waals surface area contributed by atoms with Gasteiger partial charge in [-0.3, -0.25) is 0 Å². The molecule has 1 aromatic carbocycles. The van der Waals surface area contributed by atoms with Crippen LogP contribution in [0.2, 0.25) is 0 Å². The van der Waals surface area contributed by atoms with E-state index < -0.39 is 0 Å². The van der Waals surface area contributed by atoms with Gasteiger partial charge in [0.2, 0.25) is 0 Å². The Morgan fingerprint density at radius 3 is 2.74 bits per heavy atom. The van der Waals surface area contributed by atoms with Crippen LogP contribution >= 0.6 is 0 Å². The summed E-state index contributed by atoms with van der Waals surface area (Å²) in [5.41, 5.74) is 4.36. The largest absolute Gasteiger partial charge is 0.390 e. The van der Waals surface area contributed by atoms with Crippen LogP contribution in [0.15, 0.2) is 18.2 Å². The highest BCUT2D eigenvalue weighted by Gasteiger charge is 2.14. The number of hydrogen-bond donors (Lipinski definition) is 2. The maximum Gasteiger partial charge on any atom is 0.0791 e. The summed E-state index contributed by atoms with van der Waals surface area (Å²) < 4.78 is 0. The first-order valence-electron chi connectivity index (χ1n) is 7.24. The van der Waals surface area contributed by atoms with Crippen LogP contribution in [0.3, 0.4) is 0 Å². The van der Waals surface area contributed by atoms with E-state index in [1.807, 2.05) is 19.0 Å². The summed E-state index contributed by atoms with van der Waals surface area (Å²) >= 11 is 0. The molecular weight excluding hydrogens is 236 g/mol. The van der Waals surface area contributed by atoms with E-state index in [1.165, 1.54) is 36.0 Å². The highest BCUT2D eigenvalue weighted by Crippen LogP contribution is 2.25. The third kappa shape index (κ3) is 4.03. The first kappa shape index (κ1) is 14.5. The van der Waals surface area contributed by atoms with Crippen molar-refractivity contribution in [3.63, 3.8) is 0 Å². The Morgan fingerprint density at radius 1 is 1.26 bits per heavy atom. The van der Waals surface area contributed by atoms with Crippen LogP contribution in [0, 0.1) is 0 Å².